The van der Waals surface area contributed by atoms with E-state index in [0.717, 1.165) is 0 Å². The number of furan rings is 1. The molecule has 0 aliphatic carbocycles. The number of fused-ring (bicyclic) bond motifs is 1. The van der Waals surface area contributed by atoms with Crippen LogP contribution in [0.5, 0.6) is 0 Å². The number of amides is 1. The molecule has 124 valence electrons. The Morgan fingerprint density at radius 1 is 1.04 bits per heavy atom. The average Bonchev–Trinajstić information content (AvgIpc) is 3.00. The molecule has 1 amide bonds. The molecule has 0 saturated heterocycles. The number of para-hydroxylation sites is 2. The van der Waals surface area contributed by atoms with Gasteiger partial charge in [-0.05, 0) is 25.1 Å². The van der Waals surface area contributed by atoms with E-state index < -0.39 is 22.0 Å². The van der Waals surface area contributed by atoms with Crippen molar-refractivity contribution in [3.8, 4) is 0 Å². The molecule has 7 heteroatoms. The average molecular weight is 344 g/mol. The minimum atomic E-state index is -3.94. The SMILES string of the molecule is C[C@H](NS(=O)(=O)c1cc2ccccc2o1)C(=O)Nc1ccccc1. The molecule has 1 aromatic heterocycles. The Morgan fingerprint density at radius 3 is 2.42 bits per heavy atom. The summed E-state index contributed by atoms with van der Waals surface area (Å²) in [6, 6.07) is 16.3. The lowest BCUT2D eigenvalue weighted by molar-refractivity contribution is -0.117. The zero-order valence-corrected chi connectivity index (χ0v) is 13.7. The van der Waals surface area contributed by atoms with E-state index >= 15 is 0 Å². The number of hydrogen-bond donors (Lipinski definition) is 2. The largest absolute Gasteiger partial charge is 0.443 e. The number of benzene rings is 2. The maximum Gasteiger partial charge on any atom is 0.274 e. The van der Waals surface area contributed by atoms with Gasteiger partial charge in [-0.3, -0.25) is 4.79 Å². The zero-order valence-electron chi connectivity index (χ0n) is 12.9. The molecule has 0 unspecified atom stereocenters. The molecule has 0 radical (unpaired) electrons. The quantitative estimate of drug-likeness (QED) is 0.745. The summed E-state index contributed by atoms with van der Waals surface area (Å²) < 4.78 is 32.4. The van der Waals surface area contributed by atoms with E-state index in [9.17, 15) is 13.2 Å². The summed E-state index contributed by atoms with van der Waals surface area (Å²) in [4.78, 5) is 12.1. The van der Waals surface area contributed by atoms with E-state index in [2.05, 4.69) is 10.0 Å². The van der Waals surface area contributed by atoms with Gasteiger partial charge in [-0.2, -0.15) is 4.72 Å². The number of hydrogen-bond acceptors (Lipinski definition) is 4. The van der Waals surface area contributed by atoms with E-state index in [4.69, 9.17) is 4.42 Å². The van der Waals surface area contributed by atoms with Crippen LogP contribution in [0.25, 0.3) is 11.0 Å². The molecule has 2 aromatic carbocycles. The normalized spacial score (nSPS) is 12.9. The number of rotatable bonds is 5. The van der Waals surface area contributed by atoms with Crippen molar-refractivity contribution in [2.45, 2.75) is 18.1 Å². The fraction of sp³-hybridized carbons (Fsp3) is 0.118. The summed E-state index contributed by atoms with van der Waals surface area (Å²) in [5.74, 6) is -0.458. The van der Waals surface area contributed by atoms with Crippen LogP contribution in [0, 0.1) is 0 Å². The summed E-state index contributed by atoms with van der Waals surface area (Å²) in [5, 5.41) is 3.11. The Hall–Kier alpha value is -2.64. The molecule has 0 saturated carbocycles. The molecular formula is C17H16N2O4S. The zero-order chi connectivity index (χ0) is 17.2. The summed E-state index contributed by atoms with van der Waals surface area (Å²) in [5.41, 5.74) is 1.07. The maximum absolute atomic E-state index is 12.4. The van der Waals surface area contributed by atoms with Crippen LogP contribution in [0.15, 0.2) is 70.2 Å². The van der Waals surface area contributed by atoms with Gasteiger partial charge in [0.25, 0.3) is 10.0 Å². The van der Waals surface area contributed by atoms with Crippen molar-refractivity contribution in [1.29, 1.82) is 0 Å². The summed E-state index contributed by atoms with van der Waals surface area (Å²) >= 11 is 0. The van der Waals surface area contributed by atoms with Crippen molar-refractivity contribution < 1.29 is 17.6 Å². The van der Waals surface area contributed by atoms with Gasteiger partial charge in [0.05, 0.1) is 6.04 Å². The van der Waals surface area contributed by atoms with Crippen molar-refractivity contribution in [2.75, 3.05) is 5.32 Å². The van der Waals surface area contributed by atoms with Crippen LogP contribution in [0.2, 0.25) is 0 Å². The molecule has 6 nitrogen and oxygen atoms in total. The molecule has 1 heterocycles. The summed E-state index contributed by atoms with van der Waals surface area (Å²) in [6.45, 7) is 1.47. The minimum absolute atomic E-state index is 0.219. The third kappa shape index (κ3) is 3.47. The Bertz CT molecular complexity index is 931. The highest BCUT2D eigenvalue weighted by atomic mass is 32.2. The predicted molar refractivity (Wildman–Crippen MR) is 91.1 cm³/mol. The second-order valence-corrected chi connectivity index (χ2v) is 6.95. The Morgan fingerprint density at radius 2 is 1.71 bits per heavy atom. The van der Waals surface area contributed by atoms with Crippen LogP contribution in [0.1, 0.15) is 6.92 Å². The van der Waals surface area contributed by atoms with E-state index in [0.29, 0.717) is 16.7 Å². The third-order valence-corrected chi connectivity index (χ3v) is 4.83. The van der Waals surface area contributed by atoms with Gasteiger partial charge in [-0.1, -0.05) is 36.4 Å². The van der Waals surface area contributed by atoms with Crippen LogP contribution >= 0.6 is 0 Å². The number of nitrogens with one attached hydrogen (secondary N) is 2. The topological polar surface area (TPSA) is 88.4 Å². The second kappa shape index (κ2) is 6.46. The Balaban J connectivity index is 1.74. The third-order valence-electron chi connectivity index (χ3n) is 3.43. The molecule has 0 aliphatic rings. The first-order chi connectivity index (χ1) is 11.5. The first-order valence-corrected chi connectivity index (χ1v) is 8.81. The molecule has 3 rings (SSSR count). The smallest absolute Gasteiger partial charge is 0.274 e. The van der Waals surface area contributed by atoms with Crippen molar-refractivity contribution in [2.24, 2.45) is 0 Å². The monoisotopic (exact) mass is 344 g/mol. The van der Waals surface area contributed by atoms with Gasteiger partial charge in [-0.15, -0.1) is 0 Å². The molecule has 1 atom stereocenters. The molecule has 0 bridgehead atoms. The summed E-state index contributed by atoms with van der Waals surface area (Å²) in [7, 11) is -3.94. The fourth-order valence-corrected chi connectivity index (χ4v) is 3.38. The van der Waals surface area contributed by atoms with E-state index in [-0.39, 0.29) is 5.09 Å². The molecule has 3 aromatic rings. The fourth-order valence-electron chi connectivity index (χ4n) is 2.21. The molecule has 2 N–H and O–H groups in total. The lowest BCUT2D eigenvalue weighted by Gasteiger charge is -2.13. The maximum atomic E-state index is 12.4. The first kappa shape index (κ1) is 16.2. The van der Waals surface area contributed by atoms with Gasteiger partial charge in [-0.25, -0.2) is 8.42 Å². The van der Waals surface area contributed by atoms with Gasteiger partial charge in [0.2, 0.25) is 11.0 Å². The molecule has 0 spiro atoms. The van der Waals surface area contributed by atoms with E-state index in [1.165, 1.54) is 13.0 Å². The van der Waals surface area contributed by atoms with Crippen LogP contribution in [-0.4, -0.2) is 20.4 Å². The van der Waals surface area contributed by atoms with Crippen LogP contribution in [0.4, 0.5) is 5.69 Å². The van der Waals surface area contributed by atoms with Crippen LogP contribution < -0.4 is 10.0 Å². The number of carbonyl (C=O) groups is 1. The van der Waals surface area contributed by atoms with Gasteiger partial charge >= 0.3 is 0 Å². The van der Waals surface area contributed by atoms with Crippen molar-refractivity contribution in [3.63, 3.8) is 0 Å². The molecular weight excluding hydrogens is 328 g/mol. The number of anilines is 1. The number of sulfonamides is 1. The van der Waals surface area contributed by atoms with Crippen molar-refractivity contribution in [3.05, 3.63) is 60.7 Å². The Kier molecular flexibility index (Phi) is 4.37. The van der Waals surface area contributed by atoms with Crippen LogP contribution in [0.3, 0.4) is 0 Å². The minimum Gasteiger partial charge on any atom is -0.443 e. The standard InChI is InChI=1S/C17H16N2O4S/c1-12(17(20)18-14-8-3-2-4-9-14)19-24(21,22)16-11-13-7-5-6-10-15(13)23-16/h2-12,19H,1H3,(H,18,20)/t12-/m0/s1. The molecule has 0 fully saturated rings. The predicted octanol–water partition coefficient (Wildman–Crippen LogP) is 2.74. The van der Waals surface area contributed by atoms with Crippen molar-refractivity contribution in [1.82, 2.24) is 4.72 Å². The second-order valence-electron chi connectivity index (χ2n) is 5.30. The number of carbonyl (C=O) groups excluding carboxylic acids is 1. The lowest BCUT2D eigenvalue weighted by atomic mass is 10.3. The van der Waals surface area contributed by atoms with Crippen molar-refractivity contribution >= 4 is 32.6 Å². The van der Waals surface area contributed by atoms with E-state index in [1.54, 1.807) is 48.5 Å². The van der Waals surface area contributed by atoms with Gasteiger partial charge < -0.3 is 9.73 Å². The van der Waals surface area contributed by atoms with Gasteiger partial charge in [0, 0.05) is 17.1 Å². The van der Waals surface area contributed by atoms with Gasteiger partial charge in [0.15, 0.2) is 0 Å². The van der Waals surface area contributed by atoms with Gasteiger partial charge in [0.1, 0.15) is 5.58 Å². The highest BCUT2D eigenvalue weighted by molar-refractivity contribution is 7.89. The highest BCUT2D eigenvalue weighted by Gasteiger charge is 2.25. The Labute approximate surface area is 139 Å². The molecule has 24 heavy (non-hydrogen) atoms. The lowest BCUT2D eigenvalue weighted by Crippen LogP contribution is -2.41. The van der Waals surface area contributed by atoms with Crippen LogP contribution in [-0.2, 0) is 14.8 Å². The highest BCUT2D eigenvalue weighted by Crippen LogP contribution is 2.22. The summed E-state index contributed by atoms with van der Waals surface area (Å²) in [6.07, 6.45) is 0. The van der Waals surface area contributed by atoms with E-state index in [1.807, 2.05) is 6.07 Å². The molecule has 0 aliphatic heterocycles. The first-order valence-electron chi connectivity index (χ1n) is 7.32.